The Labute approximate surface area is 174 Å². The number of nitriles is 1. The van der Waals surface area contributed by atoms with Gasteiger partial charge in [-0.25, -0.2) is 0 Å². The lowest BCUT2D eigenvalue weighted by Crippen LogP contribution is -2.33. The molecule has 1 aromatic heterocycles. The maximum Gasteiger partial charge on any atom is 0.277 e. The molecule has 2 aromatic carbocycles. The average molecular weight is 407 g/mol. The fourth-order valence-electron chi connectivity index (χ4n) is 2.97. The van der Waals surface area contributed by atoms with E-state index in [2.05, 4.69) is 22.3 Å². The van der Waals surface area contributed by atoms with Crippen molar-refractivity contribution in [3.63, 3.8) is 0 Å². The first kappa shape index (κ1) is 20.6. The van der Waals surface area contributed by atoms with Crippen molar-refractivity contribution in [1.82, 2.24) is 10.2 Å². The zero-order valence-electron chi connectivity index (χ0n) is 16.7. The van der Waals surface area contributed by atoms with Gasteiger partial charge in [0.1, 0.15) is 0 Å². The van der Waals surface area contributed by atoms with E-state index in [9.17, 15) is 4.79 Å². The average Bonchev–Trinajstić information content (AvgIpc) is 3.16. The highest BCUT2D eigenvalue weighted by atomic mass is 32.2. The third-order valence-electron chi connectivity index (χ3n) is 4.29. The molecule has 3 rings (SSSR count). The second kappa shape index (κ2) is 9.39. The Kier molecular flexibility index (Phi) is 6.68. The summed E-state index contributed by atoms with van der Waals surface area (Å²) in [5.74, 6) is 0.472. The van der Waals surface area contributed by atoms with Gasteiger partial charge in [-0.15, -0.1) is 10.2 Å². The Balaban J connectivity index is 1.69. The molecule has 1 heterocycles. The van der Waals surface area contributed by atoms with Gasteiger partial charge >= 0.3 is 0 Å². The van der Waals surface area contributed by atoms with Crippen LogP contribution in [0, 0.1) is 32.1 Å². The van der Waals surface area contributed by atoms with Crippen LogP contribution in [0.3, 0.4) is 0 Å². The smallest absolute Gasteiger partial charge is 0.277 e. The molecule has 1 amide bonds. The van der Waals surface area contributed by atoms with Crippen molar-refractivity contribution in [2.45, 2.75) is 32.4 Å². The third-order valence-corrected chi connectivity index (χ3v) is 5.09. The first-order valence-electron chi connectivity index (χ1n) is 9.25. The van der Waals surface area contributed by atoms with Gasteiger partial charge in [-0.1, -0.05) is 46.7 Å². The van der Waals surface area contributed by atoms with E-state index in [1.165, 1.54) is 11.8 Å². The van der Waals surface area contributed by atoms with E-state index in [1.807, 2.05) is 57.2 Å². The van der Waals surface area contributed by atoms with E-state index >= 15 is 0 Å². The summed E-state index contributed by atoms with van der Waals surface area (Å²) in [6, 6.07) is 15.8. The van der Waals surface area contributed by atoms with Crippen molar-refractivity contribution in [1.29, 1.82) is 5.26 Å². The molecule has 29 heavy (non-hydrogen) atoms. The van der Waals surface area contributed by atoms with Crippen LogP contribution in [-0.2, 0) is 4.79 Å². The number of thioether (sulfide) groups is 1. The minimum absolute atomic E-state index is 0.111. The molecular formula is C22H22N4O2S. The highest BCUT2D eigenvalue weighted by Gasteiger charge is 2.18. The number of carbonyl (C=O) groups is 1. The molecule has 0 radical (unpaired) electrons. The van der Waals surface area contributed by atoms with E-state index in [0.29, 0.717) is 17.7 Å². The van der Waals surface area contributed by atoms with E-state index in [-0.39, 0.29) is 18.1 Å². The molecule has 0 aliphatic carbocycles. The number of nitrogens with zero attached hydrogens (tertiary/aromatic N) is 4. The van der Waals surface area contributed by atoms with Crippen LogP contribution >= 0.6 is 11.8 Å². The van der Waals surface area contributed by atoms with Gasteiger partial charge in [0.25, 0.3) is 5.22 Å². The molecule has 0 spiro atoms. The van der Waals surface area contributed by atoms with Gasteiger partial charge < -0.3 is 9.32 Å². The van der Waals surface area contributed by atoms with Crippen LogP contribution in [0.2, 0.25) is 0 Å². The van der Waals surface area contributed by atoms with Gasteiger partial charge in [0, 0.05) is 17.8 Å². The number of anilines is 1. The number of amides is 1. The van der Waals surface area contributed by atoms with Crippen LogP contribution in [0.25, 0.3) is 11.5 Å². The highest BCUT2D eigenvalue weighted by molar-refractivity contribution is 7.99. The summed E-state index contributed by atoms with van der Waals surface area (Å²) in [5, 5.41) is 17.4. The number of carbonyl (C=O) groups excluding carboxylic acids is 1. The maximum atomic E-state index is 12.8. The zero-order valence-corrected chi connectivity index (χ0v) is 17.5. The van der Waals surface area contributed by atoms with Gasteiger partial charge in [-0.2, -0.15) is 5.26 Å². The molecule has 0 N–H and O–H groups in total. The SMILES string of the molecule is Cc1ccc(N(CCC#N)C(=O)CSc2nnc(-c3cc(C)cc(C)c3)o2)cc1. The van der Waals surface area contributed by atoms with Crippen molar-refractivity contribution in [2.75, 3.05) is 17.2 Å². The molecule has 0 saturated heterocycles. The number of hydrogen-bond donors (Lipinski definition) is 0. The van der Waals surface area contributed by atoms with Crippen molar-refractivity contribution >= 4 is 23.4 Å². The van der Waals surface area contributed by atoms with Crippen molar-refractivity contribution in [3.05, 3.63) is 59.2 Å². The number of aromatic nitrogens is 2. The zero-order chi connectivity index (χ0) is 20.8. The summed E-state index contributed by atoms with van der Waals surface area (Å²) in [7, 11) is 0. The molecule has 3 aromatic rings. The predicted molar refractivity (Wildman–Crippen MR) is 114 cm³/mol. The highest BCUT2D eigenvalue weighted by Crippen LogP contribution is 2.26. The third kappa shape index (κ3) is 5.46. The lowest BCUT2D eigenvalue weighted by molar-refractivity contribution is -0.116. The minimum atomic E-state index is -0.111. The number of benzene rings is 2. The van der Waals surface area contributed by atoms with Gasteiger partial charge in [0.15, 0.2) is 0 Å². The fourth-order valence-corrected chi connectivity index (χ4v) is 3.61. The molecule has 0 saturated carbocycles. The molecule has 148 valence electrons. The van der Waals surface area contributed by atoms with E-state index in [4.69, 9.17) is 9.68 Å². The summed E-state index contributed by atoms with van der Waals surface area (Å²) in [6.07, 6.45) is 0.266. The second-order valence-electron chi connectivity index (χ2n) is 6.83. The molecule has 0 atom stereocenters. The van der Waals surface area contributed by atoms with Crippen molar-refractivity contribution < 1.29 is 9.21 Å². The quantitative estimate of drug-likeness (QED) is 0.529. The molecule has 0 unspecified atom stereocenters. The van der Waals surface area contributed by atoms with E-state index < -0.39 is 0 Å². The number of aryl methyl sites for hydroxylation is 3. The van der Waals surface area contributed by atoms with Crippen LogP contribution < -0.4 is 4.90 Å². The summed E-state index contributed by atoms with van der Waals surface area (Å²) >= 11 is 1.20. The lowest BCUT2D eigenvalue weighted by atomic mass is 10.1. The maximum absolute atomic E-state index is 12.8. The molecule has 0 bridgehead atoms. The lowest BCUT2D eigenvalue weighted by Gasteiger charge is -2.21. The Hall–Kier alpha value is -3.11. The Morgan fingerprint density at radius 2 is 1.76 bits per heavy atom. The number of rotatable bonds is 7. The molecule has 0 aliphatic heterocycles. The Bertz CT molecular complexity index is 1020. The fraction of sp³-hybridized carbons (Fsp3) is 0.273. The largest absolute Gasteiger partial charge is 0.411 e. The van der Waals surface area contributed by atoms with Crippen molar-refractivity contribution in [3.8, 4) is 17.5 Å². The van der Waals surface area contributed by atoms with Gasteiger partial charge in [-0.3, -0.25) is 4.79 Å². The van der Waals surface area contributed by atoms with Crippen LogP contribution in [0.4, 0.5) is 5.69 Å². The van der Waals surface area contributed by atoms with Crippen LogP contribution in [0.5, 0.6) is 0 Å². The molecule has 6 nitrogen and oxygen atoms in total. The first-order chi connectivity index (χ1) is 14.0. The summed E-state index contributed by atoms with van der Waals surface area (Å²) in [5.41, 5.74) is 4.99. The summed E-state index contributed by atoms with van der Waals surface area (Å²) < 4.78 is 5.73. The van der Waals surface area contributed by atoms with Gasteiger partial charge in [0.2, 0.25) is 11.8 Å². The standard InChI is InChI=1S/C22H22N4O2S/c1-15-5-7-19(8-6-15)26(10-4-9-23)20(27)14-29-22-25-24-21(28-22)18-12-16(2)11-17(3)13-18/h5-8,11-13H,4,10,14H2,1-3H3. The molecule has 7 heteroatoms. The topological polar surface area (TPSA) is 83.0 Å². The van der Waals surface area contributed by atoms with Crippen LogP contribution in [0.1, 0.15) is 23.1 Å². The van der Waals surface area contributed by atoms with E-state index in [1.54, 1.807) is 4.90 Å². The molecule has 0 fully saturated rings. The molecule has 0 aliphatic rings. The van der Waals surface area contributed by atoms with Crippen LogP contribution in [-0.4, -0.2) is 28.4 Å². The monoisotopic (exact) mass is 406 g/mol. The summed E-state index contributed by atoms with van der Waals surface area (Å²) in [6.45, 7) is 6.37. The van der Waals surface area contributed by atoms with E-state index in [0.717, 1.165) is 27.9 Å². The second-order valence-corrected chi connectivity index (χ2v) is 7.75. The van der Waals surface area contributed by atoms with Gasteiger partial charge in [0.05, 0.1) is 18.2 Å². The van der Waals surface area contributed by atoms with Crippen LogP contribution in [0.15, 0.2) is 52.1 Å². The normalized spacial score (nSPS) is 10.6. The Morgan fingerprint density at radius 3 is 2.41 bits per heavy atom. The van der Waals surface area contributed by atoms with Crippen molar-refractivity contribution in [2.24, 2.45) is 0 Å². The number of hydrogen-bond acceptors (Lipinski definition) is 6. The minimum Gasteiger partial charge on any atom is -0.411 e. The first-order valence-corrected chi connectivity index (χ1v) is 10.2. The van der Waals surface area contributed by atoms with Gasteiger partial charge in [-0.05, 0) is 45.0 Å². The molecular weight excluding hydrogens is 384 g/mol. The Morgan fingerprint density at radius 1 is 1.07 bits per heavy atom. The summed E-state index contributed by atoms with van der Waals surface area (Å²) in [4.78, 5) is 14.4. The predicted octanol–water partition coefficient (Wildman–Crippen LogP) is 4.70.